The third-order valence-electron chi connectivity index (χ3n) is 5.25. The van der Waals surface area contributed by atoms with Gasteiger partial charge in [-0.3, -0.25) is 4.79 Å². The van der Waals surface area contributed by atoms with Gasteiger partial charge in [0.25, 0.3) is 0 Å². The third-order valence-corrected chi connectivity index (χ3v) is 5.25. The summed E-state index contributed by atoms with van der Waals surface area (Å²) < 4.78 is 5.67. The number of anilines is 1. The smallest absolute Gasteiger partial charge is 0.222 e. The summed E-state index contributed by atoms with van der Waals surface area (Å²) in [5, 5.41) is 7.32. The molecular formula is C23H26N4O2. The van der Waals surface area contributed by atoms with Gasteiger partial charge in [-0.1, -0.05) is 23.8 Å². The van der Waals surface area contributed by atoms with E-state index in [1.54, 1.807) is 6.33 Å². The lowest BCUT2D eigenvalue weighted by Gasteiger charge is -2.20. The molecule has 2 N–H and O–H groups in total. The molecule has 2 aromatic carbocycles. The normalized spacial score (nSPS) is 14.0. The highest BCUT2D eigenvalue weighted by Crippen LogP contribution is 2.27. The van der Waals surface area contributed by atoms with E-state index in [1.165, 1.54) is 5.56 Å². The van der Waals surface area contributed by atoms with Crippen LogP contribution in [0.5, 0.6) is 5.75 Å². The number of nitrogens with zero attached hydrogens (tertiary/aromatic N) is 2. The quantitative estimate of drug-likeness (QED) is 0.667. The molecule has 0 unspecified atom stereocenters. The third kappa shape index (κ3) is 4.47. The van der Waals surface area contributed by atoms with Crippen LogP contribution < -0.4 is 15.4 Å². The Labute approximate surface area is 170 Å². The summed E-state index contributed by atoms with van der Waals surface area (Å²) in [4.78, 5) is 21.0. The van der Waals surface area contributed by atoms with Gasteiger partial charge in [0.05, 0.1) is 18.2 Å². The Morgan fingerprint density at radius 1 is 1.21 bits per heavy atom. The van der Waals surface area contributed by atoms with Gasteiger partial charge in [-0.2, -0.15) is 0 Å². The zero-order chi connectivity index (χ0) is 20.2. The van der Waals surface area contributed by atoms with Crippen molar-refractivity contribution in [1.29, 1.82) is 0 Å². The highest BCUT2D eigenvalue weighted by Gasteiger charge is 2.15. The van der Waals surface area contributed by atoms with Crippen molar-refractivity contribution < 1.29 is 9.53 Å². The minimum Gasteiger partial charge on any atom is -0.493 e. The summed E-state index contributed by atoms with van der Waals surface area (Å²) >= 11 is 0. The average molecular weight is 390 g/mol. The Bertz CT molecular complexity index is 1030. The number of carbonyl (C=O) groups is 1. The number of aryl methyl sites for hydroxylation is 2. The van der Waals surface area contributed by atoms with Crippen molar-refractivity contribution in [2.75, 3.05) is 18.5 Å². The molecule has 1 amide bonds. The molecule has 1 aliphatic rings. The molecule has 0 aliphatic carbocycles. The molecule has 0 radical (unpaired) electrons. The van der Waals surface area contributed by atoms with Crippen LogP contribution in [0.15, 0.2) is 42.7 Å². The molecule has 0 saturated carbocycles. The lowest BCUT2D eigenvalue weighted by Crippen LogP contribution is -2.28. The van der Waals surface area contributed by atoms with Gasteiger partial charge in [0.1, 0.15) is 17.9 Å². The van der Waals surface area contributed by atoms with Crippen LogP contribution in [-0.2, 0) is 11.2 Å². The Kier molecular flexibility index (Phi) is 5.60. The summed E-state index contributed by atoms with van der Waals surface area (Å²) in [6, 6.07) is 12.2. The van der Waals surface area contributed by atoms with Crippen LogP contribution >= 0.6 is 0 Å². The minimum atomic E-state index is -0.0442. The van der Waals surface area contributed by atoms with Crippen LogP contribution in [0.2, 0.25) is 0 Å². The van der Waals surface area contributed by atoms with E-state index in [-0.39, 0.29) is 11.9 Å². The standard InChI is InChI=1S/C23H26N4O2/c1-15-5-7-20-19(12-15)23(26-14-25-20)24-10-9-22(28)27-16(2)17-6-8-21-18(13-17)4-3-11-29-21/h5-8,12-14,16H,3-4,9-11H2,1-2H3,(H,27,28)(H,24,25,26)/t16-/m0/s1. The van der Waals surface area contributed by atoms with Gasteiger partial charge in [-0.25, -0.2) is 9.97 Å². The first-order chi connectivity index (χ1) is 14.1. The zero-order valence-electron chi connectivity index (χ0n) is 16.9. The van der Waals surface area contributed by atoms with Crippen LogP contribution in [0.4, 0.5) is 5.82 Å². The second kappa shape index (κ2) is 8.47. The number of fused-ring (bicyclic) bond motifs is 2. The largest absolute Gasteiger partial charge is 0.493 e. The Balaban J connectivity index is 1.33. The molecule has 29 heavy (non-hydrogen) atoms. The van der Waals surface area contributed by atoms with E-state index < -0.39 is 0 Å². The predicted octanol–water partition coefficient (Wildman–Crippen LogP) is 3.94. The van der Waals surface area contributed by atoms with Crippen LogP contribution in [0.1, 0.15) is 42.5 Å². The van der Waals surface area contributed by atoms with Gasteiger partial charge in [-0.05, 0) is 56.0 Å². The van der Waals surface area contributed by atoms with E-state index in [2.05, 4.69) is 32.7 Å². The number of ether oxygens (including phenoxy) is 1. The van der Waals surface area contributed by atoms with E-state index in [9.17, 15) is 4.79 Å². The summed E-state index contributed by atoms with van der Waals surface area (Å²) in [7, 11) is 0. The van der Waals surface area contributed by atoms with E-state index in [1.807, 2.05) is 38.1 Å². The second-order valence-electron chi connectivity index (χ2n) is 7.53. The van der Waals surface area contributed by atoms with Gasteiger partial charge in [0.15, 0.2) is 0 Å². The van der Waals surface area contributed by atoms with Crippen LogP contribution in [0.25, 0.3) is 10.9 Å². The highest BCUT2D eigenvalue weighted by molar-refractivity contribution is 5.89. The maximum Gasteiger partial charge on any atom is 0.222 e. The molecule has 4 rings (SSSR count). The Hall–Kier alpha value is -3.15. The Morgan fingerprint density at radius 3 is 3.00 bits per heavy atom. The second-order valence-corrected chi connectivity index (χ2v) is 7.53. The molecule has 1 atom stereocenters. The molecule has 2 heterocycles. The number of nitrogens with one attached hydrogen (secondary N) is 2. The molecule has 150 valence electrons. The first-order valence-electron chi connectivity index (χ1n) is 10.1. The molecule has 0 spiro atoms. The van der Waals surface area contributed by atoms with Crippen molar-refractivity contribution >= 4 is 22.6 Å². The molecule has 6 nitrogen and oxygen atoms in total. The monoisotopic (exact) mass is 390 g/mol. The molecule has 0 bridgehead atoms. The molecular weight excluding hydrogens is 364 g/mol. The van der Waals surface area contributed by atoms with E-state index in [0.29, 0.717) is 13.0 Å². The lowest BCUT2D eigenvalue weighted by molar-refractivity contribution is -0.121. The highest BCUT2D eigenvalue weighted by atomic mass is 16.5. The van der Waals surface area contributed by atoms with Crippen molar-refractivity contribution in [3.05, 3.63) is 59.4 Å². The van der Waals surface area contributed by atoms with Gasteiger partial charge >= 0.3 is 0 Å². The first-order valence-corrected chi connectivity index (χ1v) is 10.1. The molecule has 1 aliphatic heterocycles. The fourth-order valence-corrected chi connectivity index (χ4v) is 3.65. The topological polar surface area (TPSA) is 76.1 Å². The number of carbonyl (C=O) groups excluding carboxylic acids is 1. The molecule has 6 heteroatoms. The molecule has 0 fully saturated rings. The van der Waals surface area contributed by atoms with E-state index in [4.69, 9.17) is 4.74 Å². The van der Waals surface area contributed by atoms with Gasteiger partial charge < -0.3 is 15.4 Å². The molecule has 0 saturated heterocycles. The van der Waals surface area contributed by atoms with Crippen molar-refractivity contribution in [2.24, 2.45) is 0 Å². The number of benzene rings is 2. The van der Waals surface area contributed by atoms with Crippen molar-refractivity contribution in [2.45, 2.75) is 39.2 Å². The zero-order valence-corrected chi connectivity index (χ0v) is 16.9. The first kappa shape index (κ1) is 19.2. The van der Waals surface area contributed by atoms with Crippen molar-refractivity contribution in [1.82, 2.24) is 15.3 Å². The maximum atomic E-state index is 12.4. The minimum absolute atomic E-state index is 0.00788. The fourth-order valence-electron chi connectivity index (χ4n) is 3.65. The van der Waals surface area contributed by atoms with Crippen molar-refractivity contribution in [3.8, 4) is 5.75 Å². The number of aromatic nitrogens is 2. The summed E-state index contributed by atoms with van der Waals surface area (Å²) in [6.45, 7) is 5.35. The Morgan fingerprint density at radius 2 is 2.10 bits per heavy atom. The van der Waals surface area contributed by atoms with Crippen LogP contribution in [-0.4, -0.2) is 29.0 Å². The molecule has 1 aromatic heterocycles. The van der Waals surface area contributed by atoms with E-state index in [0.717, 1.165) is 53.0 Å². The van der Waals surface area contributed by atoms with Gasteiger partial charge in [0, 0.05) is 18.4 Å². The summed E-state index contributed by atoms with van der Waals surface area (Å²) in [6.07, 6.45) is 3.98. The maximum absolute atomic E-state index is 12.4. The predicted molar refractivity (Wildman–Crippen MR) is 114 cm³/mol. The molecule has 3 aromatic rings. The average Bonchev–Trinajstić information content (AvgIpc) is 2.73. The summed E-state index contributed by atoms with van der Waals surface area (Å²) in [5.41, 5.74) is 4.37. The van der Waals surface area contributed by atoms with E-state index >= 15 is 0 Å². The van der Waals surface area contributed by atoms with Crippen molar-refractivity contribution in [3.63, 3.8) is 0 Å². The number of hydrogen-bond acceptors (Lipinski definition) is 5. The number of rotatable bonds is 6. The summed E-state index contributed by atoms with van der Waals surface area (Å²) in [5.74, 6) is 1.73. The number of hydrogen-bond donors (Lipinski definition) is 2. The lowest BCUT2D eigenvalue weighted by atomic mass is 10.00. The number of amides is 1. The fraction of sp³-hybridized carbons (Fsp3) is 0.348. The van der Waals surface area contributed by atoms with Crippen LogP contribution in [0.3, 0.4) is 0 Å². The van der Waals surface area contributed by atoms with Crippen LogP contribution in [0, 0.1) is 6.92 Å². The van der Waals surface area contributed by atoms with Gasteiger partial charge in [-0.15, -0.1) is 0 Å². The van der Waals surface area contributed by atoms with Gasteiger partial charge in [0.2, 0.25) is 5.91 Å². The SMILES string of the molecule is Cc1ccc2ncnc(NCCC(=O)N[C@@H](C)c3ccc4c(c3)CCCO4)c2c1.